The van der Waals surface area contributed by atoms with Gasteiger partial charge in [-0.2, -0.15) is 0 Å². The van der Waals surface area contributed by atoms with Crippen molar-refractivity contribution in [1.29, 1.82) is 0 Å². The summed E-state index contributed by atoms with van der Waals surface area (Å²) in [6.07, 6.45) is 0.403. The van der Waals surface area contributed by atoms with Gasteiger partial charge in [-0.3, -0.25) is 4.79 Å². The maximum absolute atomic E-state index is 12.2. The summed E-state index contributed by atoms with van der Waals surface area (Å²) < 4.78 is 28.9. The van der Waals surface area contributed by atoms with Crippen LogP contribution >= 0.6 is 0 Å². The predicted molar refractivity (Wildman–Crippen MR) is 95.8 cm³/mol. The monoisotopic (exact) mass is 359 g/mol. The number of benzene rings is 2. The van der Waals surface area contributed by atoms with Crippen molar-refractivity contribution in [3.63, 3.8) is 0 Å². The quantitative estimate of drug-likeness (QED) is 0.859. The van der Waals surface area contributed by atoms with E-state index in [4.69, 9.17) is 4.74 Å². The van der Waals surface area contributed by atoms with Crippen molar-refractivity contribution in [2.45, 2.75) is 19.6 Å². The molecule has 2 aromatic rings. The van der Waals surface area contributed by atoms with Gasteiger partial charge in [0.05, 0.1) is 17.4 Å². The Hall–Kier alpha value is -2.34. The average Bonchev–Trinajstić information content (AvgIpc) is 2.99. The minimum atomic E-state index is -3.06. The number of hydrogen-bond donors (Lipinski definition) is 1. The third-order valence-electron chi connectivity index (χ3n) is 4.27. The van der Waals surface area contributed by atoms with Crippen LogP contribution in [0.1, 0.15) is 17.5 Å². The van der Waals surface area contributed by atoms with Crippen molar-refractivity contribution in [3.8, 4) is 5.75 Å². The molecule has 2 aromatic carbocycles. The van der Waals surface area contributed by atoms with Crippen molar-refractivity contribution in [3.05, 3.63) is 65.7 Å². The summed E-state index contributed by atoms with van der Waals surface area (Å²) in [5.41, 5.74) is 1.94. The second-order valence-corrected chi connectivity index (χ2v) is 8.43. The van der Waals surface area contributed by atoms with E-state index in [1.165, 1.54) is 0 Å². The van der Waals surface area contributed by atoms with Crippen LogP contribution in [0.5, 0.6) is 5.75 Å². The number of ether oxygens (including phenoxy) is 1. The molecule has 25 heavy (non-hydrogen) atoms. The Morgan fingerprint density at radius 3 is 2.52 bits per heavy atom. The van der Waals surface area contributed by atoms with Crippen molar-refractivity contribution in [2.75, 3.05) is 11.5 Å². The fraction of sp³-hybridized carbons (Fsp3) is 0.316. The molecule has 1 N–H and O–H groups in total. The Labute approximate surface area is 147 Å². The Morgan fingerprint density at radius 1 is 1.08 bits per heavy atom. The number of sulfone groups is 1. The third-order valence-corrected chi connectivity index (χ3v) is 6.03. The Morgan fingerprint density at radius 2 is 1.80 bits per heavy atom. The van der Waals surface area contributed by atoms with E-state index in [0.29, 0.717) is 25.3 Å². The van der Waals surface area contributed by atoms with Gasteiger partial charge in [0.15, 0.2) is 9.84 Å². The highest BCUT2D eigenvalue weighted by atomic mass is 32.2. The summed E-state index contributed by atoms with van der Waals surface area (Å²) in [7, 11) is -3.06. The van der Waals surface area contributed by atoms with Gasteiger partial charge in [0, 0.05) is 12.1 Å². The van der Waals surface area contributed by atoms with E-state index in [2.05, 4.69) is 5.32 Å². The summed E-state index contributed by atoms with van der Waals surface area (Å²) in [4.78, 5) is 12.2. The highest BCUT2D eigenvalue weighted by Gasteiger charge is 2.32. The van der Waals surface area contributed by atoms with E-state index in [1.54, 1.807) is 0 Å². The number of carbonyl (C=O) groups excluding carboxylic acids is 1. The number of hydrogen-bond acceptors (Lipinski definition) is 4. The molecule has 1 aliphatic heterocycles. The van der Waals surface area contributed by atoms with Crippen LogP contribution in [-0.4, -0.2) is 25.8 Å². The molecule has 1 fully saturated rings. The summed E-state index contributed by atoms with van der Waals surface area (Å²) in [6.45, 7) is 0.771. The highest BCUT2D eigenvalue weighted by Crippen LogP contribution is 2.21. The number of rotatable bonds is 6. The smallest absolute Gasteiger partial charge is 0.224 e. The fourth-order valence-electron chi connectivity index (χ4n) is 2.85. The van der Waals surface area contributed by atoms with E-state index in [9.17, 15) is 13.2 Å². The van der Waals surface area contributed by atoms with Gasteiger partial charge in [-0.05, 0) is 18.1 Å². The minimum absolute atomic E-state index is 0.0506. The zero-order valence-corrected chi connectivity index (χ0v) is 14.7. The first kappa shape index (κ1) is 17.5. The second-order valence-electron chi connectivity index (χ2n) is 6.20. The molecule has 6 heteroatoms. The molecule has 0 saturated carbocycles. The molecule has 3 rings (SSSR count). The lowest BCUT2D eigenvalue weighted by atomic mass is 10.1. The van der Waals surface area contributed by atoms with Crippen LogP contribution in [0.4, 0.5) is 0 Å². The largest absolute Gasteiger partial charge is 0.489 e. The summed E-state index contributed by atoms with van der Waals surface area (Å²) in [5, 5.41) is 2.83. The lowest BCUT2D eigenvalue weighted by Gasteiger charge is -2.14. The second kappa shape index (κ2) is 7.70. The lowest BCUT2D eigenvalue weighted by molar-refractivity contribution is -0.124. The van der Waals surface area contributed by atoms with Gasteiger partial charge in [0.2, 0.25) is 5.91 Å². The zero-order valence-electron chi connectivity index (χ0n) is 13.9. The third kappa shape index (κ3) is 4.82. The molecule has 1 saturated heterocycles. The molecule has 1 atom stereocenters. The zero-order chi connectivity index (χ0) is 17.7. The average molecular weight is 359 g/mol. The van der Waals surface area contributed by atoms with Crippen LogP contribution in [0.3, 0.4) is 0 Å². The number of amides is 1. The summed E-state index contributed by atoms with van der Waals surface area (Å²) in [6, 6.07) is 17.4. The van der Waals surface area contributed by atoms with Crippen molar-refractivity contribution in [2.24, 2.45) is 5.92 Å². The molecule has 0 radical (unpaired) electrons. The molecule has 0 aromatic heterocycles. The van der Waals surface area contributed by atoms with Crippen LogP contribution in [0, 0.1) is 5.92 Å². The summed E-state index contributed by atoms with van der Waals surface area (Å²) in [5.74, 6) is 0.111. The molecule has 0 aliphatic carbocycles. The van der Waals surface area contributed by atoms with E-state index in [0.717, 1.165) is 11.1 Å². The van der Waals surface area contributed by atoms with Gasteiger partial charge in [0.1, 0.15) is 12.4 Å². The number of nitrogens with one attached hydrogen (secondary N) is 1. The van der Waals surface area contributed by atoms with Gasteiger partial charge in [-0.1, -0.05) is 48.5 Å². The van der Waals surface area contributed by atoms with Crippen LogP contribution in [0.25, 0.3) is 0 Å². The molecular formula is C19H21NO4S. The Balaban J connectivity index is 1.58. The first-order valence-electron chi connectivity index (χ1n) is 8.26. The predicted octanol–water partition coefficient (Wildman–Crippen LogP) is 2.32. The van der Waals surface area contributed by atoms with Crippen molar-refractivity contribution >= 4 is 15.7 Å². The van der Waals surface area contributed by atoms with E-state index in [1.807, 2.05) is 54.6 Å². The lowest BCUT2D eigenvalue weighted by Crippen LogP contribution is -2.31. The van der Waals surface area contributed by atoms with Crippen LogP contribution in [0.2, 0.25) is 0 Å². The summed E-state index contributed by atoms with van der Waals surface area (Å²) >= 11 is 0. The Bertz CT molecular complexity index is 834. The molecule has 0 bridgehead atoms. The molecule has 5 nitrogen and oxygen atoms in total. The van der Waals surface area contributed by atoms with Crippen LogP contribution in [-0.2, 0) is 27.8 Å². The molecule has 1 aliphatic rings. The standard InChI is InChI=1S/C19H21NO4S/c21-19(17-10-11-25(22,23)14-17)20-12-16-8-4-5-9-18(16)24-13-15-6-2-1-3-7-15/h1-9,17H,10-14H2,(H,20,21). The normalized spacial score (nSPS) is 18.6. The maximum Gasteiger partial charge on any atom is 0.224 e. The first-order chi connectivity index (χ1) is 12.0. The van der Waals surface area contributed by atoms with Gasteiger partial charge in [-0.15, -0.1) is 0 Å². The van der Waals surface area contributed by atoms with Gasteiger partial charge < -0.3 is 10.1 Å². The molecule has 1 unspecified atom stereocenters. The van der Waals surface area contributed by atoms with Crippen LogP contribution in [0.15, 0.2) is 54.6 Å². The SMILES string of the molecule is O=C(NCc1ccccc1OCc1ccccc1)C1CCS(=O)(=O)C1. The topological polar surface area (TPSA) is 72.5 Å². The van der Waals surface area contributed by atoms with E-state index >= 15 is 0 Å². The van der Waals surface area contributed by atoms with Gasteiger partial charge in [-0.25, -0.2) is 8.42 Å². The highest BCUT2D eigenvalue weighted by molar-refractivity contribution is 7.91. The van der Waals surface area contributed by atoms with E-state index < -0.39 is 15.8 Å². The molecule has 0 spiro atoms. The van der Waals surface area contributed by atoms with Gasteiger partial charge >= 0.3 is 0 Å². The molecule has 1 heterocycles. The Kier molecular flexibility index (Phi) is 5.38. The van der Waals surface area contributed by atoms with Crippen molar-refractivity contribution < 1.29 is 17.9 Å². The molecule has 1 amide bonds. The molecule has 132 valence electrons. The minimum Gasteiger partial charge on any atom is -0.489 e. The first-order valence-corrected chi connectivity index (χ1v) is 10.1. The van der Waals surface area contributed by atoms with Gasteiger partial charge in [0.25, 0.3) is 0 Å². The number of carbonyl (C=O) groups is 1. The molecular weight excluding hydrogens is 338 g/mol. The fourth-order valence-corrected chi connectivity index (χ4v) is 4.60. The van der Waals surface area contributed by atoms with Crippen molar-refractivity contribution in [1.82, 2.24) is 5.32 Å². The van der Waals surface area contributed by atoms with Crippen LogP contribution < -0.4 is 10.1 Å². The maximum atomic E-state index is 12.2. The number of para-hydroxylation sites is 1. The van der Waals surface area contributed by atoms with E-state index in [-0.39, 0.29) is 17.4 Å².